The van der Waals surface area contributed by atoms with Crippen LogP contribution in [0.25, 0.3) is 0 Å². The number of likely N-dealkylation sites (tertiary alicyclic amines) is 1. The molecule has 0 aromatic heterocycles. The molecule has 240 valence electrons. The van der Waals surface area contributed by atoms with Crippen LogP contribution >= 0.6 is 11.8 Å². The van der Waals surface area contributed by atoms with E-state index in [0.29, 0.717) is 32.6 Å². The minimum atomic E-state index is -0.792. The maximum absolute atomic E-state index is 14.9. The highest BCUT2D eigenvalue weighted by molar-refractivity contribution is 8.02. The summed E-state index contributed by atoms with van der Waals surface area (Å²) in [5.41, 5.74) is 2.00. The van der Waals surface area contributed by atoms with Crippen LogP contribution < -0.4 is 0 Å². The van der Waals surface area contributed by atoms with Crippen molar-refractivity contribution in [1.29, 1.82) is 0 Å². The van der Waals surface area contributed by atoms with Gasteiger partial charge in [0.25, 0.3) is 0 Å². The monoisotopic (exact) mass is 629 g/mol. The molecule has 0 radical (unpaired) electrons. The Hall–Kier alpha value is -3.36. The van der Waals surface area contributed by atoms with E-state index in [4.69, 9.17) is 0 Å². The number of aliphatic hydroxyl groups is 1. The summed E-state index contributed by atoms with van der Waals surface area (Å²) >= 11 is 1.68. The summed E-state index contributed by atoms with van der Waals surface area (Å²) in [4.78, 5) is 49.6. The minimum Gasteiger partial charge on any atom is -0.394 e. The van der Waals surface area contributed by atoms with Gasteiger partial charge in [-0.15, -0.1) is 24.9 Å². The summed E-state index contributed by atoms with van der Waals surface area (Å²) in [5, 5.41) is 10.6. The zero-order chi connectivity index (χ0) is 32.3. The number of hydrogen-bond acceptors (Lipinski definition) is 5. The third-order valence-corrected chi connectivity index (χ3v) is 11.9. The molecule has 0 saturated carbocycles. The van der Waals surface area contributed by atoms with Crippen LogP contribution in [0.4, 0.5) is 0 Å². The Morgan fingerprint density at radius 1 is 0.978 bits per heavy atom. The zero-order valence-corrected chi connectivity index (χ0v) is 27.6. The van der Waals surface area contributed by atoms with Crippen LogP contribution in [-0.4, -0.2) is 79.3 Å². The molecule has 3 aliphatic rings. The van der Waals surface area contributed by atoms with Gasteiger partial charge in [0.05, 0.1) is 29.2 Å². The van der Waals surface area contributed by atoms with Crippen LogP contribution in [-0.2, 0) is 27.5 Å². The van der Waals surface area contributed by atoms with Crippen LogP contribution in [0, 0.1) is 23.7 Å². The summed E-state index contributed by atoms with van der Waals surface area (Å²) in [7, 11) is 0. The van der Waals surface area contributed by atoms with Gasteiger partial charge in [-0.1, -0.05) is 93.6 Å². The predicted octanol–water partition coefficient (Wildman–Crippen LogP) is 5.16. The number of hydrogen-bond donors (Lipinski definition) is 1. The SMILES string of the molecule is C=CCN(Cc1ccccc1)C(=O)C1N([C@@H](CO)CC(C)C)C(=O)[C@@H]2[C@@H](C(=O)N(CC=C)Cc3ccccc3)[C@H]3CC(C)C12S3. The highest BCUT2D eigenvalue weighted by Gasteiger charge is 2.77. The molecule has 2 aromatic rings. The van der Waals surface area contributed by atoms with Gasteiger partial charge < -0.3 is 19.8 Å². The third kappa shape index (κ3) is 6.11. The first-order chi connectivity index (χ1) is 21.7. The number of rotatable bonds is 14. The number of nitrogens with zero attached hydrogens (tertiary/aromatic N) is 3. The molecule has 3 saturated heterocycles. The van der Waals surface area contributed by atoms with E-state index in [1.165, 1.54) is 0 Å². The van der Waals surface area contributed by atoms with Gasteiger partial charge in [0.15, 0.2) is 0 Å². The molecule has 5 rings (SSSR count). The smallest absolute Gasteiger partial charge is 0.247 e. The van der Waals surface area contributed by atoms with Crippen molar-refractivity contribution < 1.29 is 19.5 Å². The number of aliphatic hydroxyl groups excluding tert-OH is 1. The molecule has 7 atom stereocenters. The summed E-state index contributed by atoms with van der Waals surface area (Å²) < 4.78 is -0.772. The Morgan fingerprint density at radius 2 is 1.51 bits per heavy atom. The number of carbonyl (C=O) groups excluding carboxylic acids is 3. The van der Waals surface area contributed by atoms with Gasteiger partial charge in [-0.25, -0.2) is 0 Å². The van der Waals surface area contributed by atoms with E-state index in [-0.39, 0.29) is 41.4 Å². The van der Waals surface area contributed by atoms with Crippen molar-refractivity contribution in [1.82, 2.24) is 14.7 Å². The molecule has 1 N–H and O–H groups in total. The molecule has 7 nitrogen and oxygen atoms in total. The summed E-state index contributed by atoms with van der Waals surface area (Å²) in [5.74, 6) is -1.35. The highest BCUT2D eigenvalue weighted by Crippen LogP contribution is 2.69. The zero-order valence-electron chi connectivity index (χ0n) is 26.8. The van der Waals surface area contributed by atoms with Crippen molar-refractivity contribution in [2.24, 2.45) is 23.7 Å². The van der Waals surface area contributed by atoms with Crippen molar-refractivity contribution in [2.75, 3.05) is 19.7 Å². The van der Waals surface area contributed by atoms with Crippen molar-refractivity contribution in [2.45, 2.75) is 68.8 Å². The number of carbonyl (C=O) groups is 3. The van der Waals surface area contributed by atoms with Gasteiger partial charge in [0, 0.05) is 31.4 Å². The van der Waals surface area contributed by atoms with Gasteiger partial charge >= 0.3 is 0 Å². The van der Waals surface area contributed by atoms with Gasteiger partial charge in [-0.2, -0.15) is 0 Å². The number of amides is 3. The third-order valence-electron chi connectivity index (χ3n) is 9.80. The topological polar surface area (TPSA) is 81.2 Å². The molecule has 45 heavy (non-hydrogen) atoms. The molecule has 0 aliphatic carbocycles. The number of thioether (sulfide) groups is 1. The van der Waals surface area contributed by atoms with E-state index in [0.717, 1.165) is 17.5 Å². The molecule has 1 spiro atoms. The molecule has 3 heterocycles. The molecular weight excluding hydrogens is 582 g/mol. The van der Waals surface area contributed by atoms with Gasteiger partial charge in [0.2, 0.25) is 17.7 Å². The molecule has 3 amide bonds. The minimum absolute atomic E-state index is 0.0344. The Balaban J connectivity index is 1.57. The fraction of sp³-hybridized carbons (Fsp3) is 0.486. The fourth-order valence-electron chi connectivity index (χ4n) is 8.00. The summed E-state index contributed by atoms with van der Waals surface area (Å²) in [6.07, 6.45) is 4.77. The highest BCUT2D eigenvalue weighted by atomic mass is 32.2. The average Bonchev–Trinajstić information content (AvgIpc) is 3.63. The van der Waals surface area contributed by atoms with E-state index in [2.05, 4.69) is 33.9 Å². The van der Waals surface area contributed by atoms with Gasteiger partial charge in [0.1, 0.15) is 6.04 Å². The first-order valence-corrected chi connectivity index (χ1v) is 17.0. The molecule has 2 bridgehead atoms. The first kappa shape index (κ1) is 33.0. The maximum atomic E-state index is 14.9. The van der Waals surface area contributed by atoms with Gasteiger partial charge in [-0.05, 0) is 35.8 Å². The molecule has 8 heteroatoms. The van der Waals surface area contributed by atoms with Crippen molar-refractivity contribution in [3.05, 3.63) is 97.1 Å². The standard InChI is InChI=1S/C37H47N3O4S/c1-6-18-38(22-27-14-10-8-11-15-27)34(42)31-30-21-26(5)37(45-30)32(31)35(43)40(29(24-41)20-25(3)4)33(37)36(44)39(19-7-2)23-28-16-12-9-13-17-28/h6-17,25-26,29-33,41H,1-2,18-24H2,3-5H3/t26?,29-,30-,31+,32+,33?,37?/m1/s1. The Kier molecular flexibility index (Phi) is 10.2. The van der Waals surface area contributed by atoms with E-state index in [9.17, 15) is 19.5 Å². The molecule has 3 unspecified atom stereocenters. The lowest BCUT2D eigenvalue weighted by molar-refractivity contribution is -0.147. The maximum Gasteiger partial charge on any atom is 0.247 e. The predicted molar refractivity (Wildman–Crippen MR) is 180 cm³/mol. The quantitative estimate of drug-likeness (QED) is 0.292. The number of fused-ring (bicyclic) bond motifs is 1. The summed E-state index contributed by atoms with van der Waals surface area (Å²) in [6.45, 7) is 15.4. The second-order valence-corrected chi connectivity index (χ2v) is 14.8. The van der Waals surface area contributed by atoms with Gasteiger partial charge in [-0.3, -0.25) is 14.4 Å². The van der Waals surface area contributed by atoms with Crippen molar-refractivity contribution >= 4 is 29.5 Å². The lowest BCUT2D eigenvalue weighted by atomic mass is 9.65. The van der Waals surface area contributed by atoms with E-state index in [1.807, 2.05) is 60.7 Å². The average molecular weight is 630 g/mol. The lowest BCUT2D eigenvalue weighted by Gasteiger charge is -2.42. The Labute approximate surface area is 272 Å². The van der Waals surface area contributed by atoms with Crippen molar-refractivity contribution in [3.8, 4) is 0 Å². The second-order valence-electron chi connectivity index (χ2n) is 13.3. The van der Waals surface area contributed by atoms with Crippen LogP contribution in [0.15, 0.2) is 86.0 Å². The second kappa shape index (κ2) is 14.0. The van der Waals surface area contributed by atoms with Crippen LogP contribution in [0.3, 0.4) is 0 Å². The first-order valence-electron chi connectivity index (χ1n) is 16.2. The lowest BCUT2D eigenvalue weighted by Crippen LogP contribution is -2.59. The number of benzene rings is 2. The molecule has 2 aromatic carbocycles. The van der Waals surface area contributed by atoms with E-state index < -0.39 is 28.7 Å². The van der Waals surface area contributed by atoms with Crippen LogP contribution in [0.2, 0.25) is 0 Å². The Morgan fingerprint density at radius 3 is 2.00 bits per heavy atom. The largest absolute Gasteiger partial charge is 0.394 e. The van der Waals surface area contributed by atoms with Crippen LogP contribution in [0.5, 0.6) is 0 Å². The van der Waals surface area contributed by atoms with E-state index >= 15 is 0 Å². The normalized spacial score (nSPS) is 27.4. The molecular formula is C37H47N3O4S. The van der Waals surface area contributed by atoms with Crippen molar-refractivity contribution in [3.63, 3.8) is 0 Å². The van der Waals surface area contributed by atoms with E-state index in [1.54, 1.807) is 38.6 Å². The fourth-order valence-corrected chi connectivity index (χ4v) is 10.4. The van der Waals surface area contributed by atoms with Crippen LogP contribution in [0.1, 0.15) is 44.7 Å². The molecule has 3 aliphatic heterocycles. The molecule has 3 fully saturated rings. The summed E-state index contributed by atoms with van der Waals surface area (Å²) in [6, 6.07) is 18.4. The Bertz CT molecular complexity index is 1380.